The van der Waals surface area contributed by atoms with Gasteiger partial charge in [-0.2, -0.15) is 0 Å². The molecule has 0 radical (unpaired) electrons. The topological polar surface area (TPSA) is 42.4 Å². The number of benzene rings is 1. The molecule has 1 aromatic carbocycles. The van der Waals surface area contributed by atoms with Crippen molar-refractivity contribution in [3.63, 3.8) is 0 Å². The molecule has 0 amide bonds. The smallest absolute Gasteiger partial charge is 0.0966 e. The van der Waals surface area contributed by atoms with Crippen molar-refractivity contribution in [1.82, 2.24) is 4.98 Å². The van der Waals surface area contributed by atoms with Gasteiger partial charge in [-0.1, -0.05) is 31.2 Å². The molecule has 3 heteroatoms. The summed E-state index contributed by atoms with van der Waals surface area (Å²) in [5.74, 6) is 1.06. The molecule has 5 atom stereocenters. The van der Waals surface area contributed by atoms with Gasteiger partial charge >= 0.3 is 0 Å². The zero-order chi connectivity index (χ0) is 21.1. The van der Waals surface area contributed by atoms with Crippen LogP contribution < -0.4 is 0 Å². The lowest BCUT2D eigenvalue weighted by Gasteiger charge is -2.47. The summed E-state index contributed by atoms with van der Waals surface area (Å²) in [5.41, 5.74) is 3.99. The van der Waals surface area contributed by atoms with Crippen molar-refractivity contribution >= 4 is 10.8 Å². The Kier molecular flexibility index (Phi) is 4.63. The van der Waals surface area contributed by atoms with Gasteiger partial charge in [-0.15, -0.1) is 0 Å². The number of aromatic nitrogens is 1. The molecule has 1 N–H and O–H groups in total. The van der Waals surface area contributed by atoms with Gasteiger partial charge in [0, 0.05) is 24.2 Å². The minimum Gasteiger partial charge on any atom is -0.393 e. The molecule has 162 valence electrons. The normalized spacial score (nSPS) is 39.4. The maximum Gasteiger partial charge on any atom is 0.0966 e. The molecule has 1 saturated carbocycles. The Morgan fingerprint density at radius 2 is 2.00 bits per heavy atom. The molecule has 1 saturated heterocycles. The number of rotatable bonds is 1. The maximum atomic E-state index is 10.4. The van der Waals surface area contributed by atoms with E-state index in [1.54, 1.807) is 0 Å². The first-order chi connectivity index (χ1) is 15.1. The van der Waals surface area contributed by atoms with E-state index in [1.807, 2.05) is 12.4 Å². The number of aliphatic hydroxyl groups excluding tert-OH is 1. The van der Waals surface area contributed by atoms with Crippen molar-refractivity contribution in [2.45, 2.75) is 87.9 Å². The van der Waals surface area contributed by atoms with Crippen molar-refractivity contribution in [3.05, 3.63) is 65.5 Å². The molecule has 3 heterocycles. The highest BCUT2D eigenvalue weighted by molar-refractivity contribution is 5.82. The van der Waals surface area contributed by atoms with Crippen LogP contribution in [-0.2, 0) is 4.74 Å². The maximum absolute atomic E-state index is 10.4. The highest BCUT2D eigenvalue weighted by Gasteiger charge is 2.58. The van der Waals surface area contributed by atoms with Gasteiger partial charge in [0.25, 0.3) is 0 Å². The third-order valence-corrected chi connectivity index (χ3v) is 8.75. The molecule has 2 spiro atoms. The third-order valence-electron chi connectivity index (χ3n) is 8.75. The van der Waals surface area contributed by atoms with Gasteiger partial charge in [0.05, 0.1) is 17.3 Å². The Morgan fingerprint density at radius 3 is 2.94 bits per heavy atom. The third kappa shape index (κ3) is 3.12. The molecule has 2 aliphatic heterocycles. The van der Waals surface area contributed by atoms with Crippen molar-refractivity contribution in [2.24, 2.45) is 5.92 Å². The van der Waals surface area contributed by atoms with Gasteiger partial charge in [-0.25, -0.2) is 0 Å². The molecule has 6 rings (SSSR count). The molecule has 2 unspecified atom stereocenters. The van der Waals surface area contributed by atoms with Gasteiger partial charge in [-0.3, -0.25) is 4.98 Å². The van der Waals surface area contributed by atoms with Crippen LogP contribution in [0, 0.1) is 5.92 Å². The molecule has 4 aliphatic rings. The van der Waals surface area contributed by atoms with E-state index in [0.29, 0.717) is 11.8 Å². The molecule has 3 nitrogen and oxygen atoms in total. The number of ether oxygens (including phenoxy) is 1. The zero-order valence-electron chi connectivity index (χ0n) is 18.5. The monoisotopic (exact) mass is 415 g/mol. The fourth-order valence-corrected chi connectivity index (χ4v) is 6.91. The number of nitrogens with zero attached hydrogens (tertiary/aromatic N) is 1. The number of aliphatic hydroxyl groups is 1. The fraction of sp³-hybridized carbons (Fsp3) is 0.536. The lowest BCUT2D eigenvalue weighted by atomic mass is 9.74. The lowest BCUT2D eigenvalue weighted by Crippen LogP contribution is -2.48. The molecule has 2 bridgehead atoms. The zero-order valence-corrected chi connectivity index (χ0v) is 18.5. The van der Waals surface area contributed by atoms with Gasteiger partial charge in [0.2, 0.25) is 0 Å². The van der Waals surface area contributed by atoms with Crippen molar-refractivity contribution in [1.29, 1.82) is 0 Å². The summed E-state index contributed by atoms with van der Waals surface area (Å²) in [4.78, 5) is 4.32. The Hall–Kier alpha value is -1.97. The average Bonchev–Trinajstić information content (AvgIpc) is 3.13. The molecule has 2 aliphatic carbocycles. The summed E-state index contributed by atoms with van der Waals surface area (Å²) in [6.07, 6.45) is 18.1. The first-order valence-electron chi connectivity index (χ1n) is 12.2. The summed E-state index contributed by atoms with van der Waals surface area (Å²) in [7, 11) is 0. The molecular formula is C28H33NO2. The molecule has 1 aromatic heterocycles. The Bertz CT molecular complexity index is 1070. The van der Waals surface area contributed by atoms with Crippen LogP contribution in [0.2, 0.25) is 0 Å². The number of pyridine rings is 1. The summed E-state index contributed by atoms with van der Waals surface area (Å²) < 4.78 is 7.05. The van der Waals surface area contributed by atoms with Crippen LogP contribution >= 0.6 is 0 Å². The van der Waals surface area contributed by atoms with Crippen LogP contribution in [0.1, 0.15) is 76.2 Å². The van der Waals surface area contributed by atoms with Crippen molar-refractivity contribution in [2.75, 3.05) is 0 Å². The second-order valence-electron chi connectivity index (χ2n) is 10.4. The standard InChI is InChI=1S/C28H33NO2/c1-19-5-6-20(22-8-7-21-11-14-29-18-23(21)15-22)3-2-4-25-16-24-9-10-26(30)17-27(24)12-13-28(19,25)31-27/h4,7-8,11,14-16,18-20,26,30H,2-3,5-6,9-10,12-13,17H2,1H3/b25-4-/t19-,20?,26?,27+,28-/m0/s1. The first kappa shape index (κ1) is 19.7. The van der Waals surface area contributed by atoms with Crippen molar-refractivity contribution < 1.29 is 9.84 Å². The molecule has 2 aromatic rings. The van der Waals surface area contributed by atoms with Crippen LogP contribution in [0.3, 0.4) is 0 Å². The van der Waals surface area contributed by atoms with Crippen molar-refractivity contribution in [3.8, 4) is 0 Å². The second-order valence-corrected chi connectivity index (χ2v) is 10.4. The van der Waals surface area contributed by atoms with Gasteiger partial charge in [0.1, 0.15) is 0 Å². The summed E-state index contributed by atoms with van der Waals surface area (Å²) >= 11 is 0. The highest BCUT2D eigenvalue weighted by Crippen LogP contribution is 2.59. The van der Waals surface area contributed by atoms with E-state index in [2.05, 4.69) is 48.3 Å². The Balaban J connectivity index is 1.32. The van der Waals surface area contributed by atoms with Crippen LogP contribution in [0.25, 0.3) is 10.8 Å². The number of allylic oxidation sites excluding steroid dienone is 1. The van der Waals surface area contributed by atoms with E-state index in [0.717, 1.165) is 38.5 Å². The number of hydrogen-bond donors (Lipinski definition) is 1. The minimum atomic E-state index is -0.212. The largest absolute Gasteiger partial charge is 0.393 e. The predicted octanol–water partition coefficient (Wildman–Crippen LogP) is 6.23. The summed E-state index contributed by atoms with van der Waals surface area (Å²) in [6.45, 7) is 2.40. The SMILES string of the molecule is C[C@H]1CCC(c2ccc3ccncc3c2)CC/C=C2/C=C3CCC(O)C[C@]34CC[C@@]21O4. The quantitative estimate of drug-likeness (QED) is 0.600. The van der Waals surface area contributed by atoms with Crippen LogP contribution in [0.15, 0.2) is 60.0 Å². The van der Waals surface area contributed by atoms with Gasteiger partial charge in [0.15, 0.2) is 0 Å². The second kappa shape index (κ2) is 7.28. The predicted molar refractivity (Wildman–Crippen MR) is 124 cm³/mol. The molecule has 2 fully saturated rings. The minimum absolute atomic E-state index is 0.150. The van der Waals surface area contributed by atoms with Crippen LogP contribution in [0.5, 0.6) is 0 Å². The lowest BCUT2D eigenvalue weighted by molar-refractivity contribution is -0.122. The van der Waals surface area contributed by atoms with E-state index in [-0.39, 0.29) is 17.3 Å². The average molecular weight is 416 g/mol. The van der Waals surface area contributed by atoms with E-state index < -0.39 is 0 Å². The van der Waals surface area contributed by atoms with Crippen LogP contribution in [-0.4, -0.2) is 27.4 Å². The van der Waals surface area contributed by atoms with E-state index >= 15 is 0 Å². The molecular weight excluding hydrogens is 382 g/mol. The van der Waals surface area contributed by atoms with E-state index in [9.17, 15) is 5.11 Å². The summed E-state index contributed by atoms with van der Waals surface area (Å²) in [5, 5.41) is 12.9. The summed E-state index contributed by atoms with van der Waals surface area (Å²) in [6, 6.07) is 9.03. The Labute approximate surface area is 185 Å². The number of fused-ring (bicyclic) bond motifs is 1. The first-order valence-corrected chi connectivity index (χ1v) is 12.2. The van der Waals surface area contributed by atoms with Crippen LogP contribution in [0.4, 0.5) is 0 Å². The van der Waals surface area contributed by atoms with E-state index in [1.165, 1.54) is 46.7 Å². The van der Waals surface area contributed by atoms with Gasteiger partial charge in [-0.05, 0) is 97.4 Å². The number of hydrogen-bond acceptors (Lipinski definition) is 3. The molecule has 31 heavy (non-hydrogen) atoms. The van der Waals surface area contributed by atoms with E-state index in [4.69, 9.17) is 4.74 Å². The fourth-order valence-electron chi connectivity index (χ4n) is 6.91. The van der Waals surface area contributed by atoms with Gasteiger partial charge < -0.3 is 9.84 Å². The Morgan fingerprint density at radius 1 is 1.06 bits per heavy atom. The highest BCUT2D eigenvalue weighted by atomic mass is 16.5.